The third kappa shape index (κ3) is 3.99. The van der Waals surface area contributed by atoms with Crippen LogP contribution in [0.3, 0.4) is 0 Å². The lowest BCUT2D eigenvalue weighted by molar-refractivity contribution is -0.121. The van der Waals surface area contributed by atoms with Gasteiger partial charge in [-0.1, -0.05) is 6.07 Å². The van der Waals surface area contributed by atoms with Crippen molar-refractivity contribution in [2.75, 3.05) is 6.54 Å². The van der Waals surface area contributed by atoms with Crippen molar-refractivity contribution in [2.45, 2.75) is 38.3 Å². The van der Waals surface area contributed by atoms with Crippen LogP contribution >= 0.6 is 0 Å². The van der Waals surface area contributed by atoms with Crippen molar-refractivity contribution >= 4 is 5.91 Å². The van der Waals surface area contributed by atoms with Crippen molar-refractivity contribution in [2.24, 2.45) is 0 Å². The molecule has 1 saturated heterocycles. The molecule has 1 aromatic rings. The van der Waals surface area contributed by atoms with E-state index >= 15 is 0 Å². The number of amides is 1. The Labute approximate surface area is 111 Å². The van der Waals surface area contributed by atoms with Crippen LogP contribution in [0, 0.1) is 11.6 Å². The molecule has 1 amide bonds. The van der Waals surface area contributed by atoms with Crippen LogP contribution in [0.2, 0.25) is 0 Å². The lowest BCUT2D eigenvalue weighted by Gasteiger charge is -2.28. The van der Waals surface area contributed by atoms with Gasteiger partial charge in [-0.25, -0.2) is 8.78 Å². The maximum absolute atomic E-state index is 13.0. The first kappa shape index (κ1) is 13.9. The third-order valence-corrected chi connectivity index (χ3v) is 3.34. The van der Waals surface area contributed by atoms with Crippen LogP contribution < -0.4 is 10.6 Å². The summed E-state index contributed by atoms with van der Waals surface area (Å²) < 4.78 is 25.8. The second kappa shape index (κ2) is 6.10. The second-order valence-electron chi connectivity index (χ2n) is 5.07. The van der Waals surface area contributed by atoms with E-state index in [1.54, 1.807) is 0 Å². The number of hydrogen-bond acceptors (Lipinski definition) is 2. The van der Waals surface area contributed by atoms with Crippen LogP contribution in [0.4, 0.5) is 8.78 Å². The molecule has 3 nitrogen and oxygen atoms in total. The van der Waals surface area contributed by atoms with Gasteiger partial charge in [0.2, 0.25) is 5.91 Å². The van der Waals surface area contributed by atoms with E-state index in [0.29, 0.717) is 11.6 Å². The summed E-state index contributed by atoms with van der Waals surface area (Å²) in [6, 6.07) is 4.10. The van der Waals surface area contributed by atoms with Crippen molar-refractivity contribution in [3.63, 3.8) is 0 Å². The van der Waals surface area contributed by atoms with Gasteiger partial charge in [-0.2, -0.15) is 0 Å². The highest BCUT2D eigenvalue weighted by Crippen LogP contribution is 2.11. The van der Waals surface area contributed by atoms with Gasteiger partial charge >= 0.3 is 0 Å². The summed E-state index contributed by atoms with van der Waals surface area (Å²) >= 11 is 0. The predicted octanol–water partition coefficient (Wildman–Crippen LogP) is 1.76. The normalized spacial score (nSPS) is 23.1. The Balaban J connectivity index is 1.88. The molecule has 2 unspecified atom stereocenters. The number of nitrogens with one attached hydrogen (secondary N) is 2. The number of carbonyl (C=O) groups is 1. The van der Waals surface area contributed by atoms with E-state index in [-0.39, 0.29) is 18.4 Å². The van der Waals surface area contributed by atoms with E-state index in [1.807, 2.05) is 0 Å². The summed E-state index contributed by atoms with van der Waals surface area (Å²) in [5.41, 5.74) is 0.485. The molecule has 2 atom stereocenters. The van der Waals surface area contributed by atoms with Crippen LogP contribution in [-0.4, -0.2) is 24.5 Å². The number of rotatable bonds is 3. The number of carbonyl (C=O) groups excluding carboxylic acids is 1. The zero-order valence-electron chi connectivity index (χ0n) is 10.9. The lowest BCUT2D eigenvalue weighted by atomic mass is 10.0. The molecule has 19 heavy (non-hydrogen) atoms. The quantitative estimate of drug-likeness (QED) is 0.877. The highest BCUT2D eigenvalue weighted by molar-refractivity contribution is 5.78. The van der Waals surface area contributed by atoms with E-state index in [2.05, 4.69) is 17.6 Å². The van der Waals surface area contributed by atoms with E-state index < -0.39 is 11.6 Å². The van der Waals surface area contributed by atoms with Gasteiger partial charge in [-0.15, -0.1) is 0 Å². The van der Waals surface area contributed by atoms with Crippen LogP contribution in [0.25, 0.3) is 0 Å². The predicted molar refractivity (Wildman–Crippen MR) is 68.7 cm³/mol. The van der Waals surface area contributed by atoms with Crippen molar-refractivity contribution in [3.05, 3.63) is 35.4 Å². The van der Waals surface area contributed by atoms with Gasteiger partial charge in [0, 0.05) is 12.1 Å². The van der Waals surface area contributed by atoms with E-state index in [4.69, 9.17) is 0 Å². The average Bonchev–Trinajstić information content (AvgIpc) is 2.34. The highest BCUT2D eigenvalue weighted by atomic mass is 19.2. The Morgan fingerprint density at radius 1 is 1.42 bits per heavy atom. The Hall–Kier alpha value is -1.49. The van der Waals surface area contributed by atoms with Gasteiger partial charge in [0.25, 0.3) is 0 Å². The monoisotopic (exact) mass is 268 g/mol. The molecule has 0 spiro atoms. The number of piperidine rings is 1. The van der Waals surface area contributed by atoms with Gasteiger partial charge < -0.3 is 10.6 Å². The first-order chi connectivity index (χ1) is 9.04. The minimum absolute atomic E-state index is 0.0789. The minimum atomic E-state index is -0.916. The molecule has 0 saturated carbocycles. The summed E-state index contributed by atoms with van der Waals surface area (Å²) in [5, 5.41) is 6.24. The SMILES string of the molecule is CC1CC(NC(=O)Cc2ccc(F)c(F)c2)CCN1. The Morgan fingerprint density at radius 2 is 2.21 bits per heavy atom. The molecule has 1 aliphatic rings. The smallest absolute Gasteiger partial charge is 0.224 e. The number of benzene rings is 1. The van der Waals surface area contributed by atoms with Gasteiger partial charge in [0.05, 0.1) is 6.42 Å². The summed E-state index contributed by atoms with van der Waals surface area (Å²) in [4.78, 5) is 11.8. The zero-order valence-corrected chi connectivity index (χ0v) is 10.9. The Bertz CT molecular complexity index is 465. The molecule has 1 heterocycles. The fourth-order valence-electron chi connectivity index (χ4n) is 2.38. The molecular weight excluding hydrogens is 250 g/mol. The summed E-state index contributed by atoms with van der Waals surface area (Å²) in [7, 11) is 0. The first-order valence-corrected chi connectivity index (χ1v) is 6.51. The average molecular weight is 268 g/mol. The van der Waals surface area contributed by atoms with Crippen LogP contribution in [0.15, 0.2) is 18.2 Å². The van der Waals surface area contributed by atoms with Crippen LogP contribution in [0.5, 0.6) is 0 Å². The number of halogens is 2. The fraction of sp³-hybridized carbons (Fsp3) is 0.500. The highest BCUT2D eigenvalue weighted by Gasteiger charge is 2.19. The van der Waals surface area contributed by atoms with Gasteiger partial charge in [0.15, 0.2) is 11.6 Å². The molecule has 0 aliphatic carbocycles. The maximum Gasteiger partial charge on any atom is 0.224 e. The molecule has 0 bridgehead atoms. The van der Waals surface area contributed by atoms with E-state index in [9.17, 15) is 13.6 Å². The fourth-order valence-corrected chi connectivity index (χ4v) is 2.38. The largest absolute Gasteiger partial charge is 0.353 e. The molecule has 1 fully saturated rings. The molecule has 1 aliphatic heterocycles. The van der Waals surface area contributed by atoms with Crippen LogP contribution in [-0.2, 0) is 11.2 Å². The van der Waals surface area contributed by atoms with Gasteiger partial charge in [0.1, 0.15) is 0 Å². The third-order valence-electron chi connectivity index (χ3n) is 3.34. The standard InChI is InChI=1S/C14H18F2N2O/c1-9-6-11(4-5-17-9)18-14(19)8-10-2-3-12(15)13(16)7-10/h2-3,7,9,11,17H,4-6,8H2,1H3,(H,18,19). The van der Waals surface area contributed by atoms with Crippen molar-refractivity contribution in [3.8, 4) is 0 Å². The van der Waals surface area contributed by atoms with Crippen molar-refractivity contribution in [1.82, 2.24) is 10.6 Å². The van der Waals surface area contributed by atoms with E-state index in [1.165, 1.54) is 6.07 Å². The molecule has 0 aromatic heterocycles. The summed E-state index contributed by atoms with van der Waals surface area (Å²) in [6.45, 7) is 2.96. The lowest BCUT2D eigenvalue weighted by Crippen LogP contribution is -2.46. The summed E-state index contributed by atoms with van der Waals surface area (Å²) in [6.07, 6.45) is 1.87. The minimum Gasteiger partial charge on any atom is -0.353 e. The van der Waals surface area contributed by atoms with Crippen molar-refractivity contribution in [1.29, 1.82) is 0 Å². The molecule has 1 aromatic carbocycles. The molecule has 5 heteroatoms. The van der Waals surface area contributed by atoms with Crippen LogP contribution in [0.1, 0.15) is 25.3 Å². The molecular formula is C14H18F2N2O. The molecule has 0 radical (unpaired) electrons. The Kier molecular flexibility index (Phi) is 4.47. The maximum atomic E-state index is 13.0. The van der Waals surface area contributed by atoms with Crippen molar-refractivity contribution < 1.29 is 13.6 Å². The molecule has 2 rings (SSSR count). The summed E-state index contributed by atoms with van der Waals surface area (Å²) in [5.74, 6) is -1.96. The second-order valence-corrected chi connectivity index (χ2v) is 5.07. The van der Waals surface area contributed by atoms with Gasteiger partial charge in [-0.3, -0.25) is 4.79 Å². The Morgan fingerprint density at radius 3 is 2.89 bits per heavy atom. The zero-order chi connectivity index (χ0) is 13.8. The molecule has 2 N–H and O–H groups in total. The number of hydrogen-bond donors (Lipinski definition) is 2. The topological polar surface area (TPSA) is 41.1 Å². The van der Waals surface area contributed by atoms with Gasteiger partial charge in [-0.05, 0) is 44.0 Å². The first-order valence-electron chi connectivity index (χ1n) is 6.51. The van der Waals surface area contributed by atoms with E-state index in [0.717, 1.165) is 31.5 Å². The molecule has 104 valence electrons.